The van der Waals surface area contributed by atoms with Crippen molar-refractivity contribution >= 4 is 17.9 Å². The lowest BCUT2D eigenvalue weighted by Gasteiger charge is -2.18. The van der Waals surface area contributed by atoms with Crippen molar-refractivity contribution in [3.8, 4) is 0 Å². The molecule has 0 aliphatic heterocycles. The fraction of sp³-hybridized carbons (Fsp3) is 0.889. The van der Waals surface area contributed by atoms with Crippen molar-refractivity contribution in [3.63, 3.8) is 0 Å². The van der Waals surface area contributed by atoms with Crippen molar-refractivity contribution in [1.82, 2.24) is 0 Å². The fourth-order valence-electron chi connectivity index (χ4n) is 9.29. The summed E-state index contributed by atoms with van der Waals surface area (Å²) >= 11 is 0. The van der Waals surface area contributed by atoms with E-state index in [0.717, 1.165) is 83.5 Å². The summed E-state index contributed by atoms with van der Waals surface area (Å²) in [5.74, 6) is -0.862. The van der Waals surface area contributed by atoms with Crippen molar-refractivity contribution < 1.29 is 28.6 Å². The van der Waals surface area contributed by atoms with Gasteiger partial charge in [-0.3, -0.25) is 14.4 Å². The molecule has 0 N–H and O–H groups in total. The summed E-state index contributed by atoms with van der Waals surface area (Å²) in [6.45, 7) is 6.64. The predicted octanol–water partition coefficient (Wildman–Crippen LogP) is 20.7. The summed E-state index contributed by atoms with van der Waals surface area (Å²) in [7, 11) is 0. The van der Waals surface area contributed by atoms with Gasteiger partial charge in [0.15, 0.2) is 6.10 Å². The largest absolute Gasteiger partial charge is 0.462 e. The number of rotatable bonds is 57. The molecule has 0 aromatic heterocycles. The number of hydrogen-bond acceptors (Lipinski definition) is 6. The van der Waals surface area contributed by atoms with Gasteiger partial charge in [0.2, 0.25) is 0 Å². The minimum absolute atomic E-state index is 0.0714. The molecule has 0 spiro atoms. The third-order valence-corrected chi connectivity index (χ3v) is 14.0. The van der Waals surface area contributed by atoms with Crippen molar-refractivity contribution in [2.75, 3.05) is 13.2 Å². The molecular formula is C63H118O6. The third kappa shape index (κ3) is 56.7. The summed E-state index contributed by atoms with van der Waals surface area (Å²) in [6, 6.07) is 0. The smallest absolute Gasteiger partial charge is 0.306 e. The number of ether oxygens (including phenoxy) is 3. The first-order valence-corrected chi connectivity index (χ1v) is 30.8. The van der Waals surface area contributed by atoms with Crippen LogP contribution in [0.3, 0.4) is 0 Å². The molecule has 0 amide bonds. The fourth-order valence-corrected chi connectivity index (χ4v) is 9.29. The van der Waals surface area contributed by atoms with Crippen LogP contribution in [0.4, 0.5) is 0 Å². The van der Waals surface area contributed by atoms with E-state index in [1.807, 2.05) is 0 Å². The Morgan fingerprint density at radius 2 is 0.536 bits per heavy atom. The number of esters is 3. The molecular weight excluding hydrogens is 853 g/mol. The van der Waals surface area contributed by atoms with E-state index in [4.69, 9.17) is 14.2 Å². The highest BCUT2D eigenvalue weighted by atomic mass is 16.6. The van der Waals surface area contributed by atoms with Gasteiger partial charge in [0.05, 0.1) is 0 Å². The molecule has 6 heteroatoms. The minimum atomic E-state index is -0.774. The molecule has 0 bridgehead atoms. The Morgan fingerprint density at radius 3 is 0.841 bits per heavy atom. The molecule has 0 radical (unpaired) electrons. The van der Waals surface area contributed by atoms with E-state index in [1.54, 1.807) is 0 Å². The van der Waals surface area contributed by atoms with Crippen LogP contribution in [0.1, 0.15) is 342 Å². The van der Waals surface area contributed by atoms with Crippen LogP contribution >= 0.6 is 0 Å². The van der Waals surface area contributed by atoms with Gasteiger partial charge in [-0.15, -0.1) is 0 Å². The summed E-state index contributed by atoms with van der Waals surface area (Å²) in [5, 5.41) is 0. The maximum atomic E-state index is 12.8. The Hall–Kier alpha value is -2.11. The summed E-state index contributed by atoms with van der Waals surface area (Å²) in [4.78, 5) is 38.2. The van der Waals surface area contributed by atoms with Crippen molar-refractivity contribution in [1.29, 1.82) is 0 Å². The van der Waals surface area contributed by atoms with Crippen LogP contribution in [0.2, 0.25) is 0 Å². The Kier molecular flexibility index (Phi) is 56.7. The lowest BCUT2D eigenvalue weighted by atomic mass is 10.0. The van der Waals surface area contributed by atoms with Gasteiger partial charge in [0.1, 0.15) is 13.2 Å². The van der Waals surface area contributed by atoms with E-state index in [9.17, 15) is 14.4 Å². The highest BCUT2D eigenvalue weighted by Crippen LogP contribution is 2.18. The van der Waals surface area contributed by atoms with Crippen molar-refractivity contribution in [3.05, 3.63) is 24.3 Å². The number of carbonyl (C=O) groups is 3. The molecule has 6 nitrogen and oxygen atoms in total. The molecule has 69 heavy (non-hydrogen) atoms. The second-order valence-corrected chi connectivity index (χ2v) is 21.0. The van der Waals surface area contributed by atoms with E-state index in [0.29, 0.717) is 19.3 Å². The summed E-state index contributed by atoms with van der Waals surface area (Å²) in [6.07, 6.45) is 69.0. The van der Waals surface area contributed by atoms with Crippen LogP contribution in [0.25, 0.3) is 0 Å². The van der Waals surface area contributed by atoms with E-state index >= 15 is 0 Å². The van der Waals surface area contributed by atoms with E-state index in [2.05, 4.69) is 45.1 Å². The molecule has 0 saturated heterocycles. The monoisotopic (exact) mass is 971 g/mol. The summed E-state index contributed by atoms with van der Waals surface area (Å²) < 4.78 is 16.9. The standard InChI is InChI=1S/C63H118O6/c1-4-7-10-13-16-19-22-25-27-28-29-30-31-32-33-34-35-36-39-41-44-47-50-53-56-62(65)68-59-60(58-67-61(64)55-52-49-46-43-40-37-24-21-18-15-12-9-6-3)69-63(66)57-54-51-48-45-42-38-26-23-20-17-14-11-8-5-2/h14,17,23,26,60H,4-13,15-16,18-22,24-25,27-59H2,1-3H3/b17-14-,26-23-. The molecule has 0 rings (SSSR count). The average molecular weight is 972 g/mol. The first kappa shape index (κ1) is 66.9. The average Bonchev–Trinajstić information content (AvgIpc) is 3.35. The maximum absolute atomic E-state index is 12.8. The van der Waals surface area contributed by atoms with Crippen LogP contribution in [0.15, 0.2) is 24.3 Å². The third-order valence-electron chi connectivity index (χ3n) is 14.0. The van der Waals surface area contributed by atoms with Crippen LogP contribution in [-0.2, 0) is 28.6 Å². The van der Waals surface area contributed by atoms with Crippen LogP contribution < -0.4 is 0 Å². The Balaban J connectivity index is 4.21. The van der Waals surface area contributed by atoms with Gasteiger partial charge >= 0.3 is 17.9 Å². The first-order valence-electron chi connectivity index (χ1n) is 30.8. The van der Waals surface area contributed by atoms with Gasteiger partial charge < -0.3 is 14.2 Å². The topological polar surface area (TPSA) is 78.9 Å². The molecule has 0 saturated carbocycles. The number of unbranched alkanes of at least 4 members (excludes halogenated alkanes) is 42. The molecule has 406 valence electrons. The van der Waals surface area contributed by atoms with E-state index in [-0.39, 0.29) is 31.1 Å². The zero-order valence-electron chi connectivity index (χ0n) is 46.6. The van der Waals surface area contributed by atoms with Gasteiger partial charge in [-0.05, 0) is 44.9 Å². The van der Waals surface area contributed by atoms with Crippen molar-refractivity contribution in [2.24, 2.45) is 0 Å². The van der Waals surface area contributed by atoms with Crippen LogP contribution in [-0.4, -0.2) is 37.2 Å². The molecule has 0 heterocycles. The lowest BCUT2D eigenvalue weighted by molar-refractivity contribution is -0.167. The second-order valence-electron chi connectivity index (χ2n) is 21.0. The molecule has 0 fully saturated rings. The van der Waals surface area contributed by atoms with Crippen LogP contribution in [0.5, 0.6) is 0 Å². The molecule has 1 unspecified atom stereocenters. The quantitative estimate of drug-likeness (QED) is 0.0261. The molecule has 0 aromatic carbocycles. The molecule has 1 atom stereocenters. The SMILES string of the molecule is CCCC/C=C\C/C=C\CCCCCCCC(=O)OC(COC(=O)CCCCCCCCCCCCCCC)COC(=O)CCCCCCCCCCCCCCCCCCCCCCCCCC. The highest BCUT2D eigenvalue weighted by molar-refractivity contribution is 5.71. The van der Waals surface area contributed by atoms with Gasteiger partial charge in [-0.2, -0.15) is 0 Å². The summed E-state index contributed by atoms with van der Waals surface area (Å²) in [5.41, 5.74) is 0. The predicted molar refractivity (Wildman–Crippen MR) is 298 cm³/mol. The minimum Gasteiger partial charge on any atom is -0.462 e. The Morgan fingerprint density at radius 1 is 0.290 bits per heavy atom. The number of carbonyl (C=O) groups excluding carboxylic acids is 3. The van der Waals surface area contributed by atoms with Gasteiger partial charge in [-0.1, -0.05) is 302 Å². The Labute approximate surface area is 430 Å². The molecule has 0 aliphatic carbocycles. The van der Waals surface area contributed by atoms with E-state index < -0.39 is 6.10 Å². The van der Waals surface area contributed by atoms with Gasteiger partial charge in [0, 0.05) is 19.3 Å². The Bertz CT molecular complexity index is 1110. The molecule has 0 aliphatic rings. The van der Waals surface area contributed by atoms with E-state index in [1.165, 1.54) is 218 Å². The highest BCUT2D eigenvalue weighted by Gasteiger charge is 2.19. The first-order chi connectivity index (χ1) is 34.0. The maximum Gasteiger partial charge on any atom is 0.306 e. The normalized spacial score (nSPS) is 12.1. The zero-order valence-corrected chi connectivity index (χ0v) is 46.6. The zero-order chi connectivity index (χ0) is 50.0. The van der Waals surface area contributed by atoms with Gasteiger partial charge in [0.25, 0.3) is 0 Å². The van der Waals surface area contributed by atoms with Crippen molar-refractivity contribution in [2.45, 2.75) is 348 Å². The van der Waals surface area contributed by atoms with Gasteiger partial charge in [-0.25, -0.2) is 0 Å². The number of hydrogen-bond donors (Lipinski definition) is 0. The lowest BCUT2D eigenvalue weighted by Crippen LogP contribution is -2.30. The molecule has 0 aromatic rings. The second kappa shape index (κ2) is 58.5. The number of allylic oxidation sites excluding steroid dienone is 4. The van der Waals surface area contributed by atoms with Crippen LogP contribution in [0, 0.1) is 0 Å².